The summed E-state index contributed by atoms with van der Waals surface area (Å²) in [5.74, 6) is 0.873. The molecule has 226 valence electrons. The Balaban J connectivity index is 1.41. The van der Waals surface area contributed by atoms with Gasteiger partial charge in [-0.1, -0.05) is 132 Å². The van der Waals surface area contributed by atoms with Gasteiger partial charge in [-0.05, 0) is 34.1 Å². The van der Waals surface area contributed by atoms with Crippen molar-refractivity contribution in [2.45, 2.75) is 63.2 Å². The molecule has 0 N–H and O–H groups in total. The minimum absolute atomic E-state index is 0.254. The van der Waals surface area contributed by atoms with Gasteiger partial charge in [0.25, 0.3) is 0 Å². The predicted octanol–water partition coefficient (Wildman–Crippen LogP) is 8.20. The van der Waals surface area contributed by atoms with Gasteiger partial charge in [0.1, 0.15) is 29.9 Å². The molecular formula is C36H39BrO5S. The molecule has 5 nitrogen and oxygen atoms in total. The second kappa shape index (κ2) is 17.1. The zero-order valence-electron chi connectivity index (χ0n) is 24.4. The maximum absolute atomic E-state index is 6.78. The van der Waals surface area contributed by atoms with Crippen LogP contribution in [0, 0.1) is 0 Å². The maximum Gasteiger partial charge on any atom is 0.132 e. The van der Waals surface area contributed by atoms with Crippen molar-refractivity contribution in [1.82, 2.24) is 0 Å². The first-order valence-electron chi connectivity index (χ1n) is 14.8. The van der Waals surface area contributed by atoms with Crippen LogP contribution in [0.3, 0.4) is 0 Å². The molecule has 5 rings (SSSR count). The molecule has 1 aliphatic heterocycles. The first-order valence-corrected chi connectivity index (χ1v) is 16.6. The molecule has 7 heteroatoms. The van der Waals surface area contributed by atoms with E-state index in [0.717, 1.165) is 32.5 Å². The van der Waals surface area contributed by atoms with Crippen molar-refractivity contribution in [3.8, 4) is 0 Å². The van der Waals surface area contributed by atoms with Crippen molar-refractivity contribution in [1.29, 1.82) is 0 Å². The molecule has 4 aromatic rings. The summed E-state index contributed by atoms with van der Waals surface area (Å²) >= 11 is 5.40. The van der Waals surface area contributed by atoms with Gasteiger partial charge in [-0.3, -0.25) is 0 Å². The van der Waals surface area contributed by atoms with Gasteiger partial charge in [-0.25, -0.2) is 0 Å². The topological polar surface area (TPSA) is 46.2 Å². The van der Waals surface area contributed by atoms with Gasteiger partial charge in [0.15, 0.2) is 0 Å². The molecule has 0 radical (unpaired) electrons. The van der Waals surface area contributed by atoms with E-state index in [9.17, 15) is 0 Å². The van der Waals surface area contributed by atoms with Crippen LogP contribution in [-0.2, 0) is 50.1 Å². The normalized spacial score (nSPS) is 22.0. The van der Waals surface area contributed by atoms with Crippen molar-refractivity contribution in [3.05, 3.63) is 142 Å². The molecule has 5 atom stereocenters. The Kier molecular flexibility index (Phi) is 12.7. The monoisotopic (exact) mass is 662 g/mol. The van der Waals surface area contributed by atoms with Gasteiger partial charge < -0.3 is 23.7 Å². The number of rotatable bonds is 15. The lowest BCUT2D eigenvalue weighted by molar-refractivity contribution is -0.254. The second-order valence-corrected chi connectivity index (χ2v) is 12.6. The largest absolute Gasteiger partial charge is 0.374 e. The lowest BCUT2D eigenvalue weighted by atomic mass is 9.98. The summed E-state index contributed by atoms with van der Waals surface area (Å²) < 4.78 is 34.2. The number of hydrogen-bond acceptors (Lipinski definition) is 6. The Labute approximate surface area is 268 Å². The molecule has 0 unspecified atom stereocenters. The smallest absolute Gasteiger partial charge is 0.132 e. The molecule has 0 aliphatic carbocycles. The number of halogens is 1. The molecule has 0 saturated carbocycles. The lowest BCUT2D eigenvalue weighted by Gasteiger charge is -2.46. The van der Waals surface area contributed by atoms with E-state index in [1.54, 1.807) is 11.8 Å². The van der Waals surface area contributed by atoms with Crippen molar-refractivity contribution in [3.63, 3.8) is 0 Å². The van der Waals surface area contributed by atoms with Gasteiger partial charge in [-0.15, -0.1) is 11.8 Å². The molecule has 1 aliphatic rings. The zero-order chi connectivity index (χ0) is 29.7. The van der Waals surface area contributed by atoms with Crippen LogP contribution in [0.2, 0.25) is 0 Å². The molecule has 1 heterocycles. The number of ether oxygens (including phenoxy) is 5. The molecule has 4 aromatic carbocycles. The van der Waals surface area contributed by atoms with Crippen LogP contribution in [0.1, 0.15) is 29.2 Å². The second-order valence-electron chi connectivity index (χ2n) is 10.4. The molecule has 1 saturated heterocycles. The average Bonchev–Trinajstić information content (AvgIpc) is 3.05. The van der Waals surface area contributed by atoms with Gasteiger partial charge in [-0.2, -0.15) is 0 Å². The van der Waals surface area contributed by atoms with E-state index in [1.807, 2.05) is 72.8 Å². The van der Waals surface area contributed by atoms with Gasteiger partial charge in [0.05, 0.1) is 33.0 Å². The van der Waals surface area contributed by atoms with E-state index < -0.39 is 12.2 Å². The van der Waals surface area contributed by atoms with Crippen LogP contribution in [0.15, 0.2) is 120 Å². The summed E-state index contributed by atoms with van der Waals surface area (Å²) in [6.45, 7) is 4.29. The fourth-order valence-corrected chi connectivity index (χ4v) is 6.45. The quantitative estimate of drug-likeness (QED) is 0.128. The Morgan fingerprint density at radius 3 is 1.70 bits per heavy atom. The van der Waals surface area contributed by atoms with E-state index in [1.165, 1.54) is 0 Å². The first kappa shape index (κ1) is 31.9. The Morgan fingerprint density at radius 2 is 1.12 bits per heavy atom. The molecule has 0 spiro atoms. The summed E-state index contributed by atoms with van der Waals surface area (Å²) in [7, 11) is 0. The molecule has 0 bridgehead atoms. The van der Waals surface area contributed by atoms with E-state index in [0.29, 0.717) is 33.0 Å². The van der Waals surface area contributed by atoms with Crippen molar-refractivity contribution in [2.75, 3.05) is 12.4 Å². The van der Waals surface area contributed by atoms with Crippen LogP contribution < -0.4 is 0 Å². The summed E-state index contributed by atoms with van der Waals surface area (Å²) in [5, 5.41) is 0. The number of hydrogen-bond donors (Lipinski definition) is 0. The zero-order valence-corrected chi connectivity index (χ0v) is 26.8. The van der Waals surface area contributed by atoms with Crippen LogP contribution in [0.5, 0.6) is 0 Å². The van der Waals surface area contributed by atoms with Gasteiger partial charge in [0, 0.05) is 4.47 Å². The number of thioether (sulfide) groups is 1. The molecular weight excluding hydrogens is 624 g/mol. The van der Waals surface area contributed by atoms with Crippen molar-refractivity contribution in [2.24, 2.45) is 0 Å². The van der Waals surface area contributed by atoms with E-state index in [2.05, 4.69) is 65.3 Å². The minimum Gasteiger partial charge on any atom is -0.374 e. The highest BCUT2D eigenvalue weighted by Crippen LogP contribution is 2.35. The van der Waals surface area contributed by atoms with E-state index in [-0.39, 0.29) is 17.6 Å². The third-order valence-corrected chi connectivity index (χ3v) is 9.09. The third kappa shape index (κ3) is 9.50. The maximum atomic E-state index is 6.78. The predicted molar refractivity (Wildman–Crippen MR) is 176 cm³/mol. The van der Waals surface area contributed by atoms with Crippen LogP contribution in [0.4, 0.5) is 0 Å². The highest BCUT2D eigenvalue weighted by Gasteiger charge is 2.48. The fourth-order valence-electron chi connectivity index (χ4n) is 5.08. The van der Waals surface area contributed by atoms with Crippen LogP contribution in [0.25, 0.3) is 0 Å². The standard InChI is InChI=1S/C36H39BrO5S/c1-2-43-36-35(41-25-30-20-12-13-21-31(30)37)34(40-24-29-18-10-5-11-19-29)33(39-23-28-16-8-4-9-17-28)32(42-36)26-38-22-27-14-6-3-7-15-27/h3-21,32-36H,2,22-26H2,1H3/t32-,33-,34+,35-,36+/m1/s1. The van der Waals surface area contributed by atoms with Gasteiger partial charge in [0.2, 0.25) is 0 Å². The summed E-state index contributed by atoms with van der Waals surface area (Å²) in [4.78, 5) is 0. The highest BCUT2D eigenvalue weighted by atomic mass is 79.9. The average molecular weight is 664 g/mol. The first-order chi connectivity index (χ1) is 21.2. The SMILES string of the molecule is CCS[C@@H]1O[C@H](COCc2ccccc2)[C@@H](OCc2ccccc2)[C@H](OCc2ccccc2)[C@H]1OCc1ccccc1Br. The van der Waals surface area contributed by atoms with Crippen molar-refractivity contribution < 1.29 is 23.7 Å². The molecule has 1 fully saturated rings. The van der Waals surface area contributed by atoms with Crippen molar-refractivity contribution >= 4 is 27.7 Å². The Morgan fingerprint density at radius 1 is 0.605 bits per heavy atom. The number of benzene rings is 4. The molecule has 0 aromatic heterocycles. The fraction of sp³-hybridized carbons (Fsp3) is 0.333. The summed E-state index contributed by atoms with van der Waals surface area (Å²) in [6.07, 6.45) is -1.53. The molecule has 0 amide bonds. The Hall–Kier alpha value is -2.49. The molecule has 43 heavy (non-hydrogen) atoms. The van der Waals surface area contributed by atoms with Gasteiger partial charge >= 0.3 is 0 Å². The Bertz CT molecular complexity index is 1340. The van der Waals surface area contributed by atoms with E-state index >= 15 is 0 Å². The van der Waals surface area contributed by atoms with Crippen LogP contribution >= 0.6 is 27.7 Å². The summed E-state index contributed by atoms with van der Waals surface area (Å²) in [5.41, 5.74) is 4.11. The summed E-state index contributed by atoms with van der Waals surface area (Å²) in [6, 6.07) is 38.8. The van der Waals surface area contributed by atoms with Crippen LogP contribution in [-0.4, -0.2) is 42.2 Å². The minimum atomic E-state index is -0.419. The lowest BCUT2D eigenvalue weighted by Crippen LogP contribution is -2.60. The third-order valence-electron chi connectivity index (χ3n) is 7.28. The highest BCUT2D eigenvalue weighted by molar-refractivity contribution is 9.10. The van der Waals surface area contributed by atoms with E-state index in [4.69, 9.17) is 23.7 Å².